The molecule has 5 rings (SSSR count). The third-order valence-electron chi connectivity index (χ3n) is 13.0. The van der Waals surface area contributed by atoms with Crippen LogP contribution >= 0.6 is 0 Å². The Morgan fingerprint density at radius 1 is 0.983 bits per heavy atom. The smallest absolute Gasteiger partial charge is 0.456 e. The van der Waals surface area contributed by atoms with Gasteiger partial charge in [-0.3, -0.25) is 14.4 Å². The van der Waals surface area contributed by atoms with Crippen LogP contribution in [0.5, 0.6) is 0 Å². The van der Waals surface area contributed by atoms with E-state index in [1.165, 1.54) is 26.0 Å². The van der Waals surface area contributed by atoms with E-state index in [0.29, 0.717) is 0 Å². The van der Waals surface area contributed by atoms with E-state index < -0.39 is 124 Å². The van der Waals surface area contributed by atoms with Crippen LogP contribution in [-0.2, 0) is 47.6 Å². The maximum atomic E-state index is 15.5. The molecule has 1 amide bonds. The van der Waals surface area contributed by atoms with Crippen molar-refractivity contribution in [3.05, 3.63) is 47.0 Å². The Kier molecular flexibility index (Phi) is 12.6. The van der Waals surface area contributed by atoms with Gasteiger partial charge in [-0.25, -0.2) is 14.4 Å². The van der Waals surface area contributed by atoms with E-state index >= 15 is 4.79 Å². The molecule has 16 nitrogen and oxygen atoms in total. The zero-order valence-corrected chi connectivity index (χ0v) is 36.6. The van der Waals surface area contributed by atoms with Gasteiger partial charge in [-0.2, -0.15) is 0 Å². The maximum absolute atomic E-state index is 15.5. The van der Waals surface area contributed by atoms with Crippen LogP contribution in [0.15, 0.2) is 41.5 Å². The van der Waals surface area contributed by atoms with E-state index in [2.05, 4.69) is 5.32 Å². The molecule has 3 aliphatic carbocycles. The minimum atomic E-state index is -2.40. The van der Waals surface area contributed by atoms with Gasteiger partial charge in [-0.05, 0) is 48.0 Å². The van der Waals surface area contributed by atoms with E-state index in [9.17, 15) is 39.3 Å². The number of carbonyl (C=O) groups is 6. The first kappa shape index (κ1) is 46.7. The average Bonchev–Trinajstić information content (AvgIpc) is 3.13. The number of ketones is 1. The van der Waals surface area contributed by atoms with Gasteiger partial charge in [0.05, 0.1) is 42.8 Å². The Labute approximate surface area is 350 Å². The summed E-state index contributed by atoms with van der Waals surface area (Å²) >= 11 is 0. The number of hydrogen-bond donors (Lipinski definition) is 4. The third-order valence-corrected chi connectivity index (χ3v) is 13.0. The molecule has 332 valence electrons. The minimum Gasteiger partial charge on any atom is -0.456 e. The molecule has 1 aliphatic heterocycles. The van der Waals surface area contributed by atoms with Gasteiger partial charge in [-0.15, -0.1) is 0 Å². The molecule has 11 atom stereocenters. The number of ether oxygens (including phenoxy) is 6. The number of methoxy groups -OCH3 is 1. The first-order valence-corrected chi connectivity index (χ1v) is 20.2. The Balaban J connectivity index is 1.74. The second-order valence-electron chi connectivity index (χ2n) is 19.7. The highest BCUT2D eigenvalue weighted by atomic mass is 16.8. The number of hydrogen-bond acceptors (Lipinski definition) is 15. The molecule has 1 saturated heterocycles. The van der Waals surface area contributed by atoms with Crippen LogP contribution < -0.4 is 5.32 Å². The molecule has 0 spiro atoms. The highest BCUT2D eigenvalue weighted by Gasteiger charge is 2.78. The fourth-order valence-electron chi connectivity index (χ4n) is 9.77. The lowest BCUT2D eigenvalue weighted by molar-refractivity contribution is -0.344. The third kappa shape index (κ3) is 8.07. The van der Waals surface area contributed by atoms with Gasteiger partial charge >= 0.3 is 24.1 Å². The van der Waals surface area contributed by atoms with Gasteiger partial charge < -0.3 is 49.1 Å². The molecule has 4 N–H and O–H groups in total. The van der Waals surface area contributed by atoms with Crippen LogP contribution in [0.25, 0.3) is 0 Å². The summed E-state index contributed by atoms with van der Waals surface area (Å²) in [4.78, 5) is 83.0. The molecular formula is C44H61NO15. The van der Waals surface area contributed by atoms with Gasteiger partial charge in [0.2, 0.25) is 5.91 Å². The number of nitrogens with one attached hydrogen (secondary N) is 1. The molecule has 1 aromatic carbocycles. The van der Waals surface area contributed by atoms with Crippen LogP contribution in [0.2, 0.25) is 0 Å². The van der Waals surface area contributed by atoms with E-state index in [-0.39, 0.29) is 36.2 Å². The Morgan fingerprint density at radius 3 is 2.12 bits per heavy atom. The number of carbonyl (C=O) groups excluding carboxylic acids is 6. The zero-order valence-electron chi connectivity index (χ0n) is 36.6. The fraction of sp³-hybridized carbons (Fsp3) is 0.682. The normalized spacial score (nSPS) is 33.2. The van der Waals surface area contributed by atoms with Crippen molar-refractivity contribution in [2.24, 2.45) is 27.6 Å². The lowest BCUT2D eigenvalue weighted by atomic mass is 9.44. The Hall–Kier alpha value is -4.38. The number of esters is 3. The van der Waals surface area contributed by atoms with Crippen molar-refractivity contribution >= 4 is 35.8 Å². The first-order valence-electron chi connectivity index (χ1n) is 20.2. The van der Waals surface area contributed by atoms with Crippen molar-refractivity contribution < 1.29 is 72.5 Å². The van der Waals surface area contributed by atoms with Gasteiger partial charge in [0.25, 0.3) is 0 Å². The monoisotopic (exact) mass is 843 g/mol. The molecule has 60 heavy (non-hydrogen) atoms. The average molecular weight is 844 g/mol. The molecule has 1 aromatic rings. The summed E-state index contributed by atoms with van der Waals surface area (Å²) < 4.78 is 35.0. The number of fused-ring (bicyclic) bond motifs is 5. The quantitative estimate of drug-likeness (QED) is 0.158. The van der Waals surface area contributed by atoms with Crippen LogP contribution in [0.1, 0.15) is 106 Å². The zero-order chi connectivity index (χ0) is 45.1. The first-order chi connectivity index (χ1) is 27.6. The molecule has 2 bridgehead atoms. The summed E-state index contributed by atoms with van der Waals surface area (Å²) in [6.45, 7) is 17.5. The van der Waals surface area contributed by atoms with Crippen LogP contribution in [0, 0.1) is 27.6 Å². The molecule has 16 heteroatoms. The van der Waals surface area contributed by atoms with Gasteiger partial charge in [0, 0.05) is 31.6 Å². The molecule has 0 aromatic heterocycles. The van der Waals surface area contributed by atoms with Crippen LogP contribution in [-0.4, -0.2) is 119 Å². The molecule has 4 aliphatic rings. The molecule has 2 unspecified atom stereocenters. The number of aliphatic hydroxyl groups excluding tert-OH is 2. The van der Waals surface area contributed by atoms with Crippen molar-refractivity contribution in [1.82, 2.24) is 5.32 Å². The number of rotatable bonds is 9. The largest absolute Gasteiger partial charge is 0.508 e. The maximum Gasteiger partial charge on any atom is 0.508 e. The van der Waals surface area contributed by atoms with E-state index in [4.69, 9.17) is 28.4 Å². The number of aliphatic hydroxyl groups is 3. The summed E-state index contributed by atoms with van der Waals surface area (Å²) in [6.07, 6.45) is -11.6. The summed E-state index contributed by atoms with van der Waals surface area (Å²) in [6, 6.07) is 6.66. The van der Waals surface area contributed by atoms with Crippen LogP contribution in [0.4, 0.5) is 4.79 Å². The second-order valence-corrected chi connectivity index (χ2v) is 19.7. The number of Topliss-reactive ketones (excluding diaryl/α,β-unsaturated/α-hetero) is 1. The molecular weight excluding hydrogens is 782 g/mol. The molecule has 3 fully saturated rings. The van der Waals surface area contributed by atoms with Crippen molar-refractivity contribution in [3.8, 4) is 0 Å². The fourth-order valence-corrected chi connectivity index (χ4v) is 9.77. The Bertz CT molecular complexity index is 1910. The SMILES string of the molecule is COC(=O)O[C@@]12COC1C[C@H](O)[C@@]1(C)C(=O)[C@H](OC(C)=O)C3=C(C)[C@@H](OC(=O)[C@H](O)[C@@H](NC(=O)CC(C)(C)C)C(C)(C)C)C[C@@](O)([C@@H](OC(=O)c4ccccc4)C21)C3(C)C. The highest BCUT2D eigenvalue weighted by molar-refractivity contribution is 5.95. The number of amides is 1. The molecule has 0 radical (unpaired) electrons. The van der Waals surface area contributed by atoms with Crippen LogP contribution in [0.3, 0.4) is 0 Å². The van der Waals surface area contributed by atoms with Crippen molar-refractivity contribution in [2.45, 2.75) is 149 Å². The topological polar surface area (TPSA) is 231 Å². The van der Waals surface area contributed by atoms with E-state index in [1.54, 1.807) is 52.8 Å². The van der Waals surface area contributed by atoms with Gasteiger partial charge in [-0.1, -0.05) is 73.6 Å². The Morgan fingerprint density at radius 2 is 1.60 bits per heavy atom. The van der Waals surface area contributed by atoms with E-state index in [0.717, 1.165) is 14.0 Å². The predicted molar refractivity (Wildman–Crippen MR) is 212 cm³/mol. The van der Waals surface area contributed by atoms with Gasteiger partial charge in [0.15, 0.2) is 23.6 Å². The minimum absolute atomic E-state index is 0.00264. The molecule has 1 heterocycles. The standard InChI is InChI=1S/C44H61NO15/c1-22-25(58-37(52)30(49)33(40(6,7)8)45-28(48)20-39(3,4)5)19-44(54)35(59-36(51)24-16-14-13-15-17-24)32-42(11,34(50)31(57-23(2)46)29(22)41(44,9)10)26(47)18-27-43(32,21-56-27)60-38(53)55-12/h13-17,25-27,30-33,35,47,49,54H,18-21H2,1-12H3,(H,45,48)/t25-,26-,27?,30+,31+,32?,33+,35-,42+,43-,44+/m0/s1. The lowest BCUT2D eigenvalue weighted by Gasteiger charge is -2.67. The van der Waals surface area contributed by atoms with Gasteiger partial charge in [0.1, 0.15) is 23.9 Å². The summed E-state index contributed by atoms with van der Waals surface area (Å²) in [5, 5.41) is 40.1. The summed E-state index contributed by atoms with van der Waals surface area (Å²) in [7, 11) is 1.07. The number of benzene rings is 1. The van der Waals surface area contributed by atoms with Crippen molar-refractivity contribution in [3.63, 3.8) is 0 Å². The van der Waals surface area contributed by atoms with E-state index in [1.807, 2.05) is 20.8 Å². The predicted octanol–water partition coefficient (Wildman–Crippen LogP) is 3.75. The second kappa shape index (κ2) is 16.1. The summed E-state index contributed by atoms with van der Waals surface area (Å²) in [5.74, 6) is -5.92. The summed E-state index contributed by atoms with van der Waals surface area (Å²) in [5.41, 5.74) is -9.08. The molecule has 2 saturated carbocycles. The van der Waals surface area contributed by atoms with Crippen molar-refractivity contribution in [1.29, 1.82) is 0 Å². The van der Waals surface area contributed by atoms with Crippen molar-refractivity contribution in [2.75, 3.05) is 13.7 Å². The highest BCUT2D eigenvalue weighted by Crippen LogP contribution is 2.64. The lowest BCUT2D eigenvalue weighted by Crippen LogP contribution is -2.82.